The summed E-state index contributed by atoms with van der Waals surface area (Å²) in [5.74, 6) is 5.03. The fourth-order valence-electron chi connectivity index (χ4n) is 1.63. The molecule has 1 heterocycles. The molecule has 6 heteroatoms. The summed E-state index contributed by atoms with van der Waals surface area (Å²) in [6, 6.07) is 7.02. The molecule has 5 nitrogen and oxygen atoms in total. The number of nitrogens with zero attached hydrogens (tertiary/aromatic N) is 1. The first-order chi connectivity index (χ1) is 9.11. The van der Waals surface area contributed by atoms with Crippen LogP contribution in [0.2, 0.25) is 5.02 Å². The number of carbonyl (C=O) groups is 1. The number of halogens is 1. The first-order valence-corrected chi connectivity index (χ1v) is 5.97. The molecule has 0 radical (unpaired) electrons. The van der Waals surface area contributed by atoms with Crippen LogP contribution in [-0.4, -0.2) is 10.9 Å². The molecule has 0 aliphatic heterocycles. The third kappa shape index (κ3) is 3.01. The number of nitrogens with two attached hydrogens (primary N) is 1. The van der Waals surface area contributed by atoms with E-state index in [9.17, 15) is 4.79 Å². The van der Waals surface area contributed by atoms with Crippen molar-refractivity contribution in [2.45, 2.75) is 6.92 Å². The van der Waals surface area contributed by atoms with Gasteiger partial charge in [-0.1, -0.05) is 17.7 Å². The Morgan fingerprint density at radius 2 is 2.11 bits per heavy atom. The summed E-state index contributed by atoms with van der Waals surface area (Å²) in [5.41, 5.74) is 4.86. The zero-order chi connectivity index (χ0) is 13.8. The SMILES string of the molecule is Cc1ccc(Cl)c(NC(=O)c2cnccc2NN)c1. The van der Waals surface area contributed by atoms with Crippen molar-refractivity contribution in [1.82, 2.24) is 4.98 Å². The van der Waals surface area contributed by atoms with E-state index in [0.29, 0.717) is 22.0 Å². The van der Waals surface area contributed by atoms with E-state index in [1.54, 1.807) is 24.4 Å². The van der Waals surface area contributed by atoms with Gasteiger partial charge in [-0.15, -0.1) is 0 Å². The van der Waals surface area contributed by atoms with Gasteiger partial charge in [0.2, 0.25) is 0 Å². The number of benzene rings is 1. The minimum Gasteiger partial charge on any atom is -0.323 e. The van der Waals surface area contributed by atoms with Gasteiger partial charge in [-0.25, -0.2) is 0 Å². The summed E-state index contributed by atoms with van der Waals surface area (Å²) in [6.45, 7) is 1.92. The van der Waals surface area contributed by atoms with Crippen LogP contribution in [-0.2, 0) is 0 Å². The number of nitrogen functional groups attached to an aromatic ring is 1. The van der Waals surface area contributed by atoms with Gasteiger partial charge in [-0.2, -0.15) is 0 Å². The molecule has 0 unspecified atom stereocenters. The maximum atomic E-state index is 12.2. The van der Waals surface area contributed by atoms with Crippen LogP contribution in [0, 0.1) is 6.92 Å². The van der Waals surface area contributed by atoms with E-state index in [4.69, 9.17) is 17.4 Å². The number of amides is 1. The molecular weight excluding hydrogens is 264 g/mol. The molecule has 0 atom stereocenters. The van der Waals surface area contributed by atoms with Crippen molar-refractivity contribution in [2.24, 2.45) is 5.84 Å². The van der Waals surface area contributed by atoms with Crippen molar-refractivity contribution in [3.05, 3.63) is 52.8 Å². The number of hydrogen-bond acceptors (Lipinski definition) is 4. The Labute approximate surface area is 115 Å². The summed E-state index contributed by atoms with van der Waals surface area (Å²) < 4.78 is 0. The largest absolute Gasteiger partial charge is 0.323 e. The van der Waals surface area contributed by atoms with Gasteiger partial charge in [-0.05, 0) is 30.7 Å². The Kier molecular flexibility index (Phi) is 3.99. The molecule has 2 rings (SSSR count). The van der Waals surface area contributed by atoms with Crippen LogP contribution >= 0.6 is 11.6 Å². The monoisotopic (exact) mass is 276 g/mol. The predicted molar refractivity (Wildman–Crippen MR) is 76.2 cm³/mol. The molecule has 4 N–H and O–H groups in total. The summed E-state index contributed by atoms with van der Waals surface area (Å²) in [4.78, 5) is 16.1. The Morgan fingerprint density at radius 1 is 1.32 bits per heavy atom. The van der Waals surface area contributed by atoms with E-state index in [1.165, 1.54) is 6.20 Å². The van der Waals surface area contributed by atoms with Crippen LogP contribution < -0.4 is 16.6 Å². The second-order valence-electron chi connectivity index (χ2n) is 4.00. The van der Waals surface area contributed by atoms with Gasteiger partial charge in [-0.3, -0.25) is 15.6 Å². The zero-order valence-corrected chi connectivity index (χ0v) is 11.0. The topological polar surface area (TPSA) is 80.0 Å². The molecule has 0 saturated carbocycles. The normalized spacial score (nSPS) is 10.1. The number of nitrogens with one attached hydrogen (secondary N) is 2. The molecule has 2 aromatic rings. The van der Waals surface area contributed by atoms with Crippen molar-refractivity contribution < 1.29 is 4.79 Å². The average Bonchev–Trinajstić information content (AvgIpc) is 2.42. The summed E-state index contributed by atoms with van der Waals surface area (Å²) >= 11 is 6.03. The number of rotatable bonds is 3. The quantitative estimate of drug-likeness (QED) is 0.595. The first-order valence-electron chi connectivity index (χ1n) is 5.60. The van der Waals surface area contributed by atoms with Gasteiger partial charge in [0, 0.05) is 12.4 Å². The maximum Gasteiger partial charge on any atom is 0.259 e. The molecule has 0 fully saturated rings. The van der Waals surface area contributed by atoms with E-state index >= 15 is 0 Å². The Hall–Kier alpha value is -2.11. The molecule has 1 aromatic carbocycles. The van der Waals surface area contributed by atoms with Crippen LogP contribution in [0.15, 0.2) is 36.7 Å². The molecule has 98 valence electrons. The van der Waals surface area contributed by atoms with Gasteiger partial charge < -0.3 is 10.7 Å². The van der Waals surface area contributed by atoms with Gasteiger partial charge in [0.15, 0.2) is 0 Å². The van der Waals surface area contributed by atoms with E-state index in [-0.39, 0.29) is 5.91 Å². The lowest BCUT2D eigenvalue weighted by Gasteiger charge is -2.10. The number of pyridine rings is 1. The molecule has 19 heavy (non-hydrogen) atoms. The number of aryl methyl sites for hydroxylation is 1. The van der Waals surface area contributed by atoms with E-state index in [0.717, 1.165) is 5.56 Å². The minimum absolute atomic E-state index is 0.325. The molecule has 0 saturated heterocycles. The van der Waals surface area contributed by atoms with Gasteiger partial charge in [0.05, 0.1) is 22.0 Å². The van der Waals surface area contributed by atoms with Crippen molar-refractivity contribution in [3.8, 4) is 0 Å². The number of aromatic nitrogens is 1. The average molecular weight is 277 g/mol. The van der Waals surface area contributed by atoms with Gasteiger partial charge >= 0.3 is 0 Å². The number of hydrogen-bond donors (Lipinski definition) is 3. The predicted octanol–water partition coefficient (Wildman–Crippen LogP) is 2.58. The van der Waals surface area contributed by atoms with Crippen molar-refractivity contribution in [1.29, 1.82) is 0 Å². The van der Waals surface area contributed by atoms with Crippen molar-refractivity contribution in [2.75, 3.05) is 10.7 Å². The Balaban J connectivity index is 2.28. The van der Waals surface area contributed by atoms with Crippen LogP contribution in [0.1, 0.15) is 15.9 Å². The van der Waals surface area contributed by atoms with Crippen LogP contribution in [0.3, 0.4) is 0 Å². The van der Waals surface area contributed by atoms with Crippen molar-refractivity contribution in [3.63, 3.8) is 0 Å². The first kappa shape index (κ1) is 13.3. The third-order valence-electron chi connectivity index (χ3n) is 2.59. The highest BCUT2D eigenvalue weighted by Crippen LogP contribution is 2.24. The van der Waals surface area contributed by atoms with Crippen molar-refractivity contribution >= 4 is 28.9 Å². The minimum atomic E-state index is -0.325. The fourth-order valence-corrected chi connectivity index (χ4v) is 1.79. The molecular formula is C13H13ClN4O. The standard InChI is InChI=1S/C13H13ClN4O/c1-8-2-3-10(14)12(6-8)17-13(19)9-7-16-5-4-11(9)18-15/h2-7H,15H2,1H3,(H,16,18)(H,17,19). The summed E-state index contributed by atoms with van der Waals surface area (Å²) in [6.07, 6.45) is 2.99. The second kappa shape index (κ2) is 5.69. The maximum absolute atomic E-state index is 12.2. The summed E-state index contributed by atoms with van der Waals surface area (Å²) in [5, 5.41) is 3.21. The highest BCUT2D eigenvalue weighted by molar-refractivity contribution is 6.34. The van der Waals surface area contributed by atoms with Crippen LogP contribution in [0.4, 0.5) is 11.4 Å². The number of hydrazine groups is 1. The highest BCUT2D eigenvalue weighted by Gasteiger charge is 2.12. The molecule has 0 bridgehead atoms. The number of anilines is 2. The molecule has 1 aromatic heterocycles. The van der Waals surface area contributed by atoms with E-state index in [2.05, 4.69) is 15.7 Å². The lowest BCUT2D eigenvalue weighted by atomic mass is 10.2. The highest BCUT2D eigenvalue weighted by atomic mass is 35.5. The lowest BCUT2D eigenvalue weighted by Crippen LogP contribution is -2.17. The fraction of sp³-hybridized carbons (Fsp3) is 0.0769. The second-order valence-corrected chi connectivity index (χ2v) is 4.41. The van der Waals surface area contributed by atoms with Gasteiger partial charge in [0.25, 0.3) is 5.91 Å². The van der Waals surface area contributed by atoms with E-state index in [1.807, 2.05) is 13.0 Å². The van der Waals surface area contributed by atoms with Gasteiger partial charge in [0.1, 0.15) is 0 Å². The Morgan fingerprint density at radius 3 is 2.84 bits per heavy atom. The third-order valence-corrected chi connectivity index (χ3v) is 2.92. The smallest absolute Gasteiger partial charge is 0.259 e. The lowest BCUT2D eigenvalue weighted by molar-refractivity contribution is 0.102. The number of carbonyl (C=O) groups excluding carboxylic acids is 1. The molecule has 1 amide bonds. The molecule has 0 spiro atoms. The van der Waals surface area contributed by atoms with E-state index < -0.39 is 0 Å². The van der Waals surface area contributed by atoms with Crippen LogP contribution in [0.25, 0.3) is 0 Å². The Bertz CT molecular complexity index is 615. The van der Waals surface area contributed by atoms with Crippen LogP contribution in [0.5, 0.6) is 0 Å². The molecule has 0 aliphatic carbocycles. The zero-order valence-electron chi connectivity index (χ0n) is 10.3. The molecule has 0 aliphatic rings. The summed E-state index contributed by atoms with van der Waals surface area (Å²) in [7, 11) is 0.